The molecular weight excluding hydrogens is 328 g/mol. The van der Waals surface area contributed by atoms with Crippen LogP contribution in [0.3, 0.4) is 0 Å². The van der Waals surface area contributed by atoms with Crippen molar-refractivity contribution in [1.29, 1.82) is 0 Å². The van der Waals surface area contributed by atoms with Crippen molar-refractivity contribution in [2.45, 2.75) is 16.7 Å². The normalized spacial score (nSPS) is 17.2. The van der Waals surface area contributed by atoms with Gasteiger partial charge in [0.1, 0.15) is 0 Å². The summed E-state index contributed by atoms with van der Waals surface area (Å²) in [6.45, 7) is 0. The zero-order chi connectivity index (χ0) is 17.1. The third-order valence-corrected chi connectivity index (χ3v) is 4.69. The Morgan fingerprint density at radius 2 is 1.96 bits per heavy atom. The van der Waals surface area contributed by atoms with E-state index in [0.717, 1.165) is 4.90 Å². The van der Waals surface area contributed by atoms with Crippen molar-refractivity contribution >= 4 is 35.2 Å². The number of aromatic nitrogens is 1. The number of methoxy groups -OCH3 is 1. The van der Waals surface area contributed by atoms with Gasteiger partial charge in [0.15, 0.2) is 0 Å². The highest BCUT2D eigenvalue weighted by molar-refractivity contribution is 8.00. The third kappa shape index (κ3) is 3.16. The van der Waals surface area contributed by atoms with Crippen LogP contribution >= 0.6 is 11.8 Å². The Bertz CT molecular complexity index is 777. The minimum absolute atomic E-state index is 0.124. The van der Waals surface area contributed by atoms with Gasteiger partial charge in [-0.2, -0.15) is 0 Å². The fraction of sp³-hybridized carbons (Fsp3) is 0.176. The lowest BCUT2D eigenvalue weighted by Gasteiger charge is -2.15. The molecular formula is C17H14N2O4S. The number of hydrogen-bond donors (Lipinski definition) is 0. The third-order valence-electron chi connectivity index (χ3n) is 3.55. The molecule has 0 N–H and O–H groups in total. The molecule has 2 aromatic rings. The van der Waals surface area contributed by atoms with Crippen molar-refractivity contribution in [1.82, 2.24) is 4.98 Å². The van der Waals surface area contributed by atoms with E-state index in [1.54, 1.807) is 30.5 Å². The molecule has 0 bridgehead atoms. The van der Waals surface area contributed by atoms with Crippen LogP contribution in [-0.4, -0.2) is 35.1 Å². The lowest BCUT2D eigenvalue weighted by Crippen LogP contribution is -2.31. The summed E-state index contributed by atoms with van der Waals surface area (Å²) in [6, 6.07) is 11.6. The van der Waals surface area contributed by atoms with E-state index < -0.39 is 11.2 Å². The van der Waals surface area contributed by atoms with Crippen LogP contribution in [0.15, 0.2) is 53.7 Å². The standard InChI is InChI=1S/C17H14N2O4S/c1-23-17(22)11-5-7-12(8-6-11)19-15(20)10-13(16(19)21)24-14-4-2-3-9-18-14/h2-9,13H,10H2,1H3. The molecule has 2 heterocycles. The topological polar surface area (TPSA) is 76.6 Å². The first kappa shape index (κ1) is 16.2. The highest BCUT2D eigenvalue weighted by Gasteiger charge is 2.40. The number of benzene rings is 1. The minimum Gasteiger partial charge on any atom is -0.465 e. The number of esters is 1. The van der Waals surface area contributed by atoms with Crippen LogP contribution in [-0.2, 0) is 14.3 Å². The molecule has 0 saturated carbocycles. The number of amides is 2. The predicted octanol–water partition coefficient (Wildman–Crippen LogP) is 2.29. The van der Waals surface area contributed by atoms with E-state index in [1.165, 1.54) is 31.0 Å². The van der Waals surface area contributed by atoms with Crippen molar-refractivity contribution in [2.75, 3.05) is 12.0 Å². The van der Waals surface area contributed by atoms with E-state index in [2.05, 4.69) is 9.72 Å². The van der Waals surface area contributed by atoms with E-state index in [1.807, 2.05) is 6.07 Å². The van der Waals surface area contributed by atoms with E-state index in [-0.39, 0.29) is 18.2 Å². The number of ether oxygens (including phenoxy) is 1. The molecule has 1 saturated heterocycles. The van der Waals surface area contributed by atoms with E-state index in [4.69, 9.17) is 0 Å². The SMILES string of the molecule is COC(=O)c1ccc(N2C(=O)CC(Sc3ccccn3)C2=O)cc1. The second-order valence-electron chi connectivity index (χ2n) is 5.08. The average Bonchev–Trinajstić information content (AvgIpc) is 2.89. The molecule has 3 rings (SSSR count). The first-order valence-electron chi connectivity index (χ1n) is 7.23. The van der Waals surface area contributed by atoms with Crippen molar-refractivity contribution in [2.24, 2.45) is 0 Å². The van der Waals surface area contributed by atoms with Gasteiger partial charge in [0.25, 0.3) is 0 Å². The Hall–Kier alpha value is -2.67. The van der Waals surface area contributed by atoms with Crippen LogP contribution < -0.4 is 4.90 Å². The van der Waals surface area contributed by atoms with Crippen LogP contribution in [0.2, 0.25) is 0 Å². The van der Waals surface area contributed by atoms with Gasteiger partial charge in [0.2, 0.25) is 11.8 Å². The highest BCUT2D eigenvalue weighted by atomic mass is 32.2. The first-order valence-corrected chi connectivity index (χ1v) is 8.11. The summed E-state index contributed by atoms with van der Waals surface area (Å²) in [4.78, 5) is 41.6. The van der Waals surface area contributed by atoms with Crippen molar-refractivity contribution < 1.29 is 19.1 Å². The maximum Gasteiger partial charge on any atom is 0.337 e. The Morgan fingerprint density at radius 1 is 1.21 bits per heavy atom. The van der Waals surface area contributed by atoms with Crippen LogP contribution in [0, 0.1) is 0 Å². The van der Waals surface area contributed by atoms with Crippen molar-refractivity contribution in [3.8, 4) is 0 Å². The van der Waals surface area contributed by atoms with E-state index in [0.29, 0.717) is 16.3 Å². The second kappa shape index (κ2) is 6.84. The summed E-state index contributed by atoms with van der Waals surface area (Å²) >= 11 is 1.28. The van der Waals surface area contributed by atoms with Crippen molar-refractivity contribution in [3.05, 3.63) is 54.2 Å². The molecule has 1 atom stereocenters. The van der Waals surface area contributed by atoms with Crippen LogP contribution in [0.1, 0.15) is 16.8 Å². The lowest BCUT2D eigenvalue weighted by atomic mass is 10.2. The van der Waals surface area contributed by atoms with Gasteiger partial charge in [-0.1, -0.05) is 17.8 Å². The molecule has 0 radical (unpaired) electrons. The second-order valence-corrected chi connectivity index (χ2v) is 6.31. The Morgan fingerprint density at radius 3 is 2.58 bits per heavy atom. The molecule has 1 aromatic carbocycles. The summed E-state index contributed by atoms with van der Waals surface area (Å²) in [6.07, 6.45) is 1.77. The van der Waals surface area contributed by atoms with Gasteiger partial charge in [-0.3, -0.25) is 9.59 Å². The summed E-state index contributed by atoms with van der Waals surface area (Å²) in [5.74, 6) is -1.01. The number of hydrogen-bond acceptors (Lipinski definition) is 6. The molecule has 24 heavy (non-hydrogen) atoms. The summed E-state index contributed by atoms with van der Waals surface area (Å²) < 4.78 is 4.63. The van der Waals surface area contributed by atoms with Gasteiger partial charge >= 0.3 is 5.97 Å². The molecule has 2 amide bonds. The molecule has 0 spiro atoms. The van der Waals surface area contributed by atoms with Gasteiger partial charge < -0.3 is 4.74 Å². The monoisotopic (exact) mass is 342 g/mol. The van der Waals surface area contributed by atoms with E-state index in [9.17, 15) is 14.4 Å². The Labute approximate surface area is 142 Å². The maximum atomic E-state index is 12.6. The van der Waals surface area contributed by atoms with Gasteiger partial charge in [-0.15, -0.1) is 0 Å². The number of carbonyl (C=O) groups is 3. The average molecular weight is 342 g/mol. The molecule has 1 fully saturated rings. The van der Waals surface area contributed by atoms with Gasteiger partial charge in [-0.05, 0) is 36.4 Å². The molecule has 0 aliphatic carbocycles. The van der Waals surface area contributed by atoms with Crippen LogP contribution in [0.25, 0.3) is 0 Å². The zero-order valence-electron chi connectivity index (χ0n) is 12.8. The lowest BCUT2D eigenvalue weighted by molar-refractivity contribution is -0.121. The largest absolute Gasteiger partial charge is 0.465 e. The molecule has 122 valence electrons. The van der Waals surface area contributed by atoms with Crippen LogP contribution in [0.4, 0.5) is 5.69 Å². The summed E-state index contributed by atoms with van der Waals surface area (Å²) in [7, 11) is 1.29. The first-order chi connectivity index (χ1) is 11.6. The maximum absolute atomic E-state index is 12.6. The quantitative estimate of drug-likeness (QED) is 0.627. The summed E-state index contributed by atoms with van der Waals surface area (Å²) in [5.41, 5.74) is 0.807. The zero-order valence-corrected chi connectivity index (χ0v) is 13.7. The number of anilines is 1. The molecule has 6 nitrogen and oxygen atoms in total. The van der Waals surface area contributed by atoms with Crippen LogP contribution in [0.5, 0.6) is 0 Å². The number of nitrogens with zero attached hydrogens (tertiary/aromatic N) is 2. The summed E-state index contributed by atoms with van der Waals surface area (Å²) in [5, 5.41) is 0.208. The van der Waals surface area contributed by atoms with E-state index >= 15 is 0 Å². The molecule has 1 aromatic heterocycles. The van der Waals surface area contributed by atoms with Gasteiger partial charge in [0.05, 0.1) is 28.6 Å². The number of rotatable bonds is 4. The fourth-order valence-corrected chi connectivity index (χ4v) is 3.40. The Balaban J connectivity index is 1.78. The molecule has 1 aliphatic heterocycles. The number of thioether (sulfide) groups is 1. The predicted molar refractivity (Wildman–Crippen MR) is 88.8 cm³/mol. The molecule has 7 heteroatoms. The van der Waals surface area contributed by atoms with Gasteiger partial charge in [-0.25, -0.2) is 14.7 Å². The minimum atomic E-state index is -0.493. The Kier molecular flexibility index (Phi) is 4.61. The number of pyridine rings is 1. The number of imide groups is 1. The molecule has 1 unspecified atom stereocenters. The fourth-order valence-electron chi connectivity index (χ4n) is 2.39. The smallest absolute Gasteiger partial charge is 0.337 e. The number of carbonyl (C=O) groups excluding carboxylic acids is 3. The highest BCUT2D eigenvalue weighted by Crippen LogP contribution is 2.33. The van der Waals surface area contributed by atoms with Gasteiger partial charge in [0, 0.05) is 12.6 Å². The van der Waals surface area contributed by atoms with Crippen molar-refractivity contribution in [3.63, 3.8) is 0 Å². The molecule has 1 aliphatic rings.